The minimum atomic E-state index is 0.374. The Balaban J connectivity index is 2.10. The zero-order chi connectivity index (χ0) is 12.1. The lowest BCUT2D eigenvalue weighted by atomic mass is 10.1. The van der Waals surface area contributed by atoms with Gasteiger partial charge in [-0.25, -0.2) is 0 Å². The molecule has 2 aromatic rings. The number of aromatic nitrogens is 2. The quantitative estimate of drug-likeness (QED) is 0.853. The number of aryl methyl sites for hydroxylation is 1. The van der Waals surface area contributed by atoms with E-state index in [-0.39, 0.29) is 0 Å². The lowest BCUT2D eigenvalue weighted by molar-refractivity contribution is 0.552. The van der Waals surface area contributed by atoms with Crippen molar-refractivity contribution in [3.05, 3.63) is 40.3 Å². The van der Waals surface area contributed by atoms with Crippen molar-refractivity contribution in [1.29, 1.82) is 0 Å². The maximum Gasteiger partial charge on any atom is 0.0537 e. The van der Waals surface area contributed by atoms with Crippen LogP contribution in [0.25, 0.3) is 0 Å². The minimum absolute atomic E-state index is 0.374. The molecule has 0 saturated carbocycles. The molecular weight excluding hydrogens is 230 g/mol. The van der Waals surface area contributed by atoms with Crippen molar-refractivity contribution in [2.24, 2.45) is 0 Å². The summed E-state index contributed by atoms with van der Waals surface area (Å²) in [5.74, 6) is 0. The van der Waals surface area contributed by atoms with Gasteiger partial charge in [-0.1, -0.05) is 13.0 Å². The second-order valence-electron chi connectivity index (χ2n) is 4.02. The molecular formula is C13H19N3S. The van der Waals surface area contributed by atoms with E-state index < -0.39 is 0 Å². The highest BCUT2D eigenvalue weighted by Gasteiger charge is 2.13. The van der Waals surface area contributed by atoms with Crippen molar-refractivity contribution in [3.8, 4) is 0 Å². The molecule has 0 aliphatic heterocycles. The Morgan fingerprint density at radius 2 is 2.35 bits per heavy atom. The fourth-order valence-corrected chi connectivity index (χ4v) is 2.67. The molecule has 0 aliphatic rings. The van der Waals surface area contributed by atoms with E-state index >= 15 is 0 Å². The van der Waals surface area contributed by atoms with Gasteiger partial charge < -0.3 is 5.32 Å². The second kappa shape index (κ2) is 5.98. The Bertz CT molecular complexity index is 433. The summed E-state index contributed by atoms with van der Waals surface area (Å²) in [5.41, 5.74) is 1.28. The van der Waals surface area contributed by atoms with Gasteiger partial charge in [0.05, 0.1) is 6.20 Å². The van der Waals surface area contributed by atoms with Crippen LogP contribution in [-0.2, 0) is 13.0 Å². The fraction of sp³-hybridized carbons (Fsp3) is 0.462. The Labute approximate surface area is 106 Å². The summed E-state index contributed by atoms with van der Waals surface area (Å²) in [6.07, 6.45) is 5.16. The highest BCUT2D eigenvalue weighted by atomic mass is 32.1. The van der Waals surface area contributed by atoms with Crippen molar-refractivity contribution in [2.75, 3.05) is 6.54 Å². The van der Waals surface area contributed by atoms with Crippen LogP contribution in [-0.4, -0.2) is 16.3 Å². The van der Waals surface area contributed by atoms with Crippen LogP contribution in [0.2, 0.25) is 0 Å². The van der Waals surface area contributed by atoms with Crippen molar-refractivity contribution in [3.63, 3.8) is 0 Å². The van der Waals surface area contributed by atoms with E-state index in [9.17, 15) is 0 Å². The van der Waals surface area contributed by atoms with E-state index in [1.807, 2.05) is 22.2 Å². The van der Waals surface area contributed by atoms with Crippen LogP contribution in [0.4, 0.5) is 0 Å². The van der Waals surface area contributed by atoms with Crippen LogP contribution >= 0.6 is 11.3 Å². The molecule has 0 bridgehead atoms. The van der Waals surface area contributed by atoms with Crippen molar-refractivity contribution >= 4 is 11.3 Å². The van der Waals surface area contributed by atoms with E-state index in [0.29, 0.717) is 6.04 Å². The van der Waals surface area contributed by atoms with Gasteiger partial charge in [-0.05, 0) is 24.9 Å². The monoisotopic (exact) mass is 249 g/mol. The molecule has 92 valence electrons. The maximum absolute atomic E-state index is 4.35. The predicted molar refractivity (Wildman–Crippen MR) is 72.3 cm³/mol. The molecule has 3 nitrogen and oxygen atoms in total. The van der Waals surface area contributed by atoms with E-state index in [1.54, 1.807) is 0 Å². The fourth-order valence-electron chi connectivity index (χ4n) is 1.92. The molecule has 0 aromatic carbocycles. The number of likely N-dealkylation sites (N-methyl/N-ethyl adjacent to an activating group) is 1. The van der Waals surface area contributed by atoms with Crippen LogP contribution in [0.15, 0.2) is 29.9 Å². The Hall–Kier alpha value is -1.13. The molecule has 1 atom stereocenters. The number of nitrogens with one attached hydrogen (secondary N) is 1. The minimum Gasteiger partial charge on any atom is -0.310 e. The first-order chi connectivity index (χ1) is 8.33. The van der Waals surface area contributed by atoms with E-state index in [0.717, 1.165) is 19.5 Å². The summed E-state index contributed by atoms with van der Waals surface area (Å²) < 4.78 is 1.98. The normalized spacial score (nSPS) is 12.8. The maximum atomic E-state index is 4.35. The first-order valence-corrected chi connectivity index (χ1v) is 6.99. The van der Waals surface area contributed by atoms with Crippen molar-refractivity contribution < 1.29 is 0 Å². The molecule has 17 heavy (non-hydrogen) atoms. The highest BCUT2D eigenvalue weighted by molar-refractivity contribution is 7.09. The topological polar surface area (TPSA) is 29.9 Å². The summed E-state index contributed by atoms with van der Waals surface area (Å²) in [7, 11) is 0. The molecule has 0 fully saturated rings. The highest BCUT2D eigenvalue weighted by Crippen LogP contribution is 2.20. The van der Waals surface area contributed by atoms with Gasteiger partial charge in [0.1, 0.15) is 0 Å². The zero-order valence-corrected chi connectivity index (χ0v) is 11.2. The summed E-state index contributed by atoms with van der Waals surface area (Å²) >= 11 is 1.82. The van der Waals surface area contributed by atoms with Crippen LogP contribution in [0, 0.1) is 0 Å². The molecule has 4 heteroatoms. The van der Waals surface area contributed by atoms with Crippen LogP contribution in [0.5, 0.6) is 0 Å². The lowest BCUT2D eigenvalue weighted by Gasteiger charge is -2.15. The van der Waals surface area contributed by atoms with Gasteiger partial charge in [-0.2, -0.15) is 5.10 Å². The molecule has 0 amide bonds. The van der Waals surface area contributed by atoms with E-state index in [1.165, 1.54) is 10.4 Å². The first-order valence-electron chi connectivity index (χ1n) is 6.11. The van der Waals surface area contributed by atoms with Gasteiger partial charge in [0.15, 0.2) is 0 Å². The number of hydrogen-bond acceptors (Lipinski definition) is 3. The smallest absolute Gasteiger partial charge is 0.0537 e. The average molecular weight is 249 g/mol. The molecule has 2 heterocycles. The zero-order valence-electron chi connectivity index (χ0n) is 10.4. The third kappa shape index (κ3) is 3.17. The third-order valence-corrected chi connectivity index (χ3v) is 3.71. The van der Waals surface area contributed by atoms with Crippen molar-refractivity contribution in [2.45, 2.75) is 32.9 Å². The summed E-state index contributed by atoms with van der Waals surface area (Å²) in [6.45, 7) is 6.16. The Morgan fingerprint density at radius 3 is 2.94 bits per heavy atom. The van der Waals surface area contributed by atoms with E-state index in [2.05, 4.69) is 48.0 Å². The Kier molecular flexibility index (Phi) is 4.34. The van der Waals surface area contributed by atoms with Gasteiger partial charge in [0, 0.05) is 35.6 Å². The van der Waals surface area contributed by atoms with Crippen LogP contribution < -0.4 is 5.32 Å². The molecule has 0 aliphatic carbocycles. The molecule has 1 unspecified atom stereocenters. The largest absolute Gasteiger partial charge is 0.310 e. The molecule has 1 N–H and O–H groups in total. The van der Waals surface area contributed by atoms with Crippen LogP contribution in [0.3, 0.4) is 0 Å². The summed E-state index contributed by atoms with van der Waals surface area (Å²) in [6, 6.07) is 4.68. The van der Waals surface area contributed by atoms with Gasteiger partial charge in [0.25, 0.3) is 0 Å². The molecule has 0 radical (unpaired) electrons. The molecule has 0 spiro atoms. The van der Waals surface area contributed by atoms with Crippen LogP contribution in [0.1, 0.15) is 30.3 Å². The van der Waals surface area contributed by atoms with E-state index in [4.69, 9.17) is 0 Å². The number of hydrogen-bond donors (Lipinski definition) is 1. The molecule has 0 saturated heterocycles. The summed E-state index contributed by atoms with van der Waals surface area (Å²) in [5, 5.41) is 10.0. The number of nitrogens with zero attached hydrogens (tertiary/aromatic N) is 2. The van der Waals surface area contributed by atoms with Crippen molar-refractivity contribution in [1.82, 2.24) is 15.1 Å². The average Bonchev–Trinajstić information content (AvgIpc) is 2.99. The van der Waals surface area contributed by atoms with Gasteiger partial charge >= 0.3 is 0 Å². The third-order valence-electron chi connectivity index (χ3n) is 2.82. The van der Waals surface area contributed by atoms with Gasteiger partial charge in [-0.3, -0.25) is 4.68 Å². The van der Waals surface area contributed by atoms with Gasteiger partial charge in [-0.15, -0.1) is 11.3 Å². The molecule has 2 rings (SSSR count). The van der Waals surface area contributed by atoms with Gasteiger partial charge in [0.2, 0.25) is 0 Å². The standard InChI is InChI=1S/C13H19N3S/c1-3-14-13(8-12-6-5-7-17-12)11-9-15-16(4-2)10-11/h5-7,9-10,13-14H,3-4,8H2,1-2H3. The molecule has 2 aromatic heterocycles. The lowest BCUT2D eigenvalue weighted by Crippen LogP contribution is -2.22. The second-order valence-corrected chi connectivity index (χ2v) is 5.06. The summed E-state index contributed by atoms with van der Waals surface area (Å²) in [4.78, 5) is 1.42. The SMILES string of the molecule is CCNC(Cc1cccs1)c1cnn(CC)c1. The number of thiophene rings is 1. The predicted octanol–water partition coefficient (Wildman–Crippen LogP) is 2.86. The first kappa shape index (κ1) is 12.3. The number of rotatable bonds is 6. The Morgan fingerprint density at radius 1 is 1.47 bits per heavy atom.